The third kappa shape index (κ3) is 11.6. The van der Waals surface area contributed by atoms with Gasteiger partial charge in [0.05, 0.1) is 30.7 Å². The van der Waals surface area contributed by atoms with Crippen molar-refractivity contribution >= 4 is 38.9 Å². The molecule has 73 heavy (non-hydrogen) atoms. The number of ether oxygens (including phenoxy) is 2. The summed E-state index contributed by atoms with van der Waals surface area (Å²) in [4.78, 5) is 26.0. The van der Waals surface area contributed by atoms with E-state index < -0.39 is 17.4 Å². The highest BCUT2D eigenvalue weighted by Crippen LogP contribution is 2.70. The van der Waals surface area contributed by atoms with Crippen molar-refractivity contribution in [1.29, 1.82) is 0 Å². The molecule has 16 atom stereocenters. The number of nitrogens with two attached hydrogens (primary N) is 1. The van der Waals surface area contributed by atoms with Gasteiger partial charge in [0.1, 0.15) is 5.78 Å². The number of Topliss-reactive ketones (excluding diaryl/α,β-unsaturated/α-hetero) is 2. The number of anilines is 2. The van der Waals surface area contributed by atoms with Crippen LogP contribution in [-0.2, 0) is 19.1 Å². The summed E-state index contributed by atoms with van der Waals surface area (Å²) in [7, 11) is 3.51. The van der Waals surface area contributed by atoms with Crippen molar-refractivity contribution in [3.63, 3.8) is 0 Å². The Hall–Kier alpha value is -2.51. The number of fused-ring (bicyclic) bond motifs is 10. The number of para-hydroxylation sites is 2. The number of nitrogen functional groups attached to an aromatic ring is 1. The number of ketones is 2. The topological polar surface area (TPSA) is 131 Å². The third-order valence-electron chi connectivity index (χ3n) is 21.4. The summed E-state index contributed by atoms with van der Waals surface area (Å²) >= 11 is 3.43. The smallest absolute Gasteiger partial charge is 0.399 e. The van der Waals surface area contributed by atoms with Gasteiger partial charge in [-0.2, -0.15) is 13.2 Å². The fourth-order valence-corrected chi connectivity index (χ4v) is 18.5. The number of rotatable bonds is 10. The predicted octanol–water partition coefficient (Wildman–Crippen LogP) is 14.4. The highest BCUT2D eigenvalue weighted by atomic mass is 79.9. The van der Waals surface area contributed by atoms with Crippen molar-refractivity contribution < 1.29 is 42.4 Å². The maximum absolute atomic E-state index is 13.7. The van der Waals surface area contributed by atoms with Gasteiger partial charge in [-0.25, -0.2) is 0 Å². The van der Waals surface area contributed by atoms with Crippen molar-refractivity contribution in [1.82, 2.24) is 0 Å². The van der Waals surface area contributed by atoms with Crippen LogP contribution in [0.2, 0.25) is 0 Å². The molecule has 0 radical (unpaired) electrons. The lowest BCUT2D eigenvalue weighted by molar-refractivity contribution is -0.294. The second-order valence-corrected chi connectivity index (χ2v) is 25.2. The molecule has 0 spiro atoms. The van der Waals surface area contributed by atoms with E-state index >= 15 is 0 Å². The van der Waals surface area contributed by atoms with Gasteiger partial charge in [-0.1, -0.05) is 88.5 Å². The van der Waals surface area contributed by atoms with E-state index in [1.165, 1.54) is 32.1 Å². The van der Waals surface area contributed by atoms with Gasteiger partial charge in [-0.3, -0.25) is 9.59 Å². The van der Waals surface area contributed by atoms with Crippen molar-refractivity contribution in [2.24, 2.45) is 80.8 Å². The minimum atomic E-state index is -4.60. The van der Waals surface area contributed by atoms with Gasteiger partial charge >= 0.3 is 6.18 Å². The van der Waals surface area contributed by atoms with Crippen LogP contribution in [0.3, 0.4) is 0 Å². The second-order valence-electron chi connectivity index (χ2n) is 24.6. The Kier molecular flexibility index (Phi) is 20.2. The molecule has 5 N–H and O–H groups in total. The van der Waals surface area contributed by atoms with Crippen LogP contribution in [0.25, 0.3) is 0 Å². The summed E-state index contributed by atoms with van der Waals surface area (Å²) in [6.45, 7) is 8.39. The standard InChI is InChI=1S/C29H40F3NO3.C23H37BrO3.C6H7N.3CH4/c1-26-13-12-23-21(22(26)10-11-24(26)25(34)17-33-20-6-4-3-5-7-20)9-8-19-16-28(35,29(30,31)32)15-14-27(19,23)18-36-2;1-21(26)10-11-23(14-27-3)15(12-21)4-5-16-17-6-7-19(20(25)13-24)22(17,2)9-8-18(16)23;7-6-4-2-1-3-5-6;;;/h3-7,19,21-24,33,35H,8-18H2,1-2H3;15-19,26H,4-14H2,1-3H3;1-5H,7H2;3*1H4/t19-,21+,22+,23+,24-,26+,27-,28-;15-,16+,17+,18+,19-,21-,22+,23-;;;;/m11..../s1. The Morgan fingerprint density at radius 1 is 0.630 bits per heavy atom. The molecule has 8 saturated carbocycles. The van der Waals surface area contributed by atoms with Gasteiger partial charge in [0, 0.05) is 37.4 Å². The summed E-state index contributed by atoms with van der Waals surface area (Å²) in [6, 6.07) is 19.3. The van der Waals surface area contributed by atoms with Gasteiger partial charge in [0.15, 0.2) is 11.4 Å². The first-order valence-corrected chi connectivity index (χ1v) is 28.0. The number of hydrogen-bond acceptors (Lipinski definition) is 8. The molecule has 8 fully saturated rings. The van der Waals surface area contributed by atoms with E-state index in [-0.39, 0.29) is 80.3 Å². The number of hydrogen-bond donors (Lipinski definition) is 4. The van der Waals surface area contributed by atoms with Gasteiger partial charge < -0.3 is 30.7 Å². The molecule has 8 aliphatic rings. The van der Waals surface area contributed by atoms with E-state index in [0.717, 1.165) is 81.7 Å². The minimum Gasteiger partial charge on any atom is -0.399 e. The molecule has 0 heterocycles. The molecule has 2 aromatic rings. The molecule has 10 rings (SSSR count). The summed E-state index contributed by atoms with van der Waals surface area (Å²) in [5.74, 6) is 4.66. The fraction of sp³-hybridized carbons (Fsp3) is 0.770. The lowest BCUT2D eigenvalue weighted by Gasteiger charge is -2.62. The summed E-state index contributed by atoms with van der Waals surface area (Å²) in [6.07, 6.45) is 10.9. The van der Waals surface area contributed by atoms with Crippen molar-refractivity contribution in [2.45, 2.75) is 176 Å². The summed E-state index contributed by atoms with van der Waals surface area (Å²) in [5.41, 5.74) is 4.13. The molecule has 0 aromatic heterocycles. The number of aliphatic hydroxyl groups is 2. The van der Waals surface area contributed by atoms with Crippen LogP contribution < -0.4 is 11.1 Å². The van der Waals surface area contributed by atoms with Crippen LogP contribution >= 0.6 is 15.9 Å². The largest absolute Gasteiger partial charge is 0.417 e. The van der Waals surface area contributed by atoms with E-state index in [0.29, 0.717) is 72.6 Å². The molecule has 8 nitrogen and oxygen atoms in total. The zero-order chi connectivity index (χ0) is 50.3. The monoisotopic (exact) mass is 1090 g/mol. The van der Waals surface area contributed by atoms with Gasteiger partial charge in [0.2, 0.25) is 0 Å². The van der Waals surface area contributed by atoms with E-state index in [2.05, 4.69) is 35.1 Å². The Bertz CT molecular complexity index is 2100. The zero-order valence-electron chi connectivity index (χ0n) is 42.7. The van der Waals surface area contributed by atoms with E-state index in [4.69, 9.17) is 15.2 Å². The maximum Gasteiger partial charge on any atom is 0.417 e. The molecule has 0 saturated heterocycles. The average molecular weight is 1090 g/mol. The number of carbonyl (C=O) groups excluding carboxylic acids is 2. The number of benzene rings is 2. The molecule has 0 aliphatic heterocycles. The molecule has 0 unspecified atom stereocenters. The maximum atomic E-state index is 13.7. The Morgan fingerprint density at radius 2 is 1.10 bits per heavy atom. The molecule has 8 aliphatic carbocycles. The van der Waals surface area contributed by atoms with Crippen LogP contribution in [0.15, 0.2) is 60.7 Å². The number of halogens is 4. The first-order chi connectivity index (χ1) is 33.2. The normalized spacial score (nSPS) is 40.9. The third-order valence-corrected chi connectivity index (χ3v) is 21.9. The van der Waals surface area contributed by atoms with Gasteiger partial charge in [0.25, 0.3) is 0 Å². The lowest BCUT2D eigenvalue weighted by Crippen LogP contribution is -2.61. The van der Waals surface area contributed by atoms with E-state index in [9.17, 15) is 33.0 Å². The zero-order valence-corrected chi connectivity index (χ0v) is 44.3. The Labute approximate surface area is 447 Å². The highest BCUT2D eigenvalue weighted by Gasteiger charge is 2.67. The van der Waals surface area contributed by atoms with Gasteiger partial charge in [-0.05, 0) is 216 Å². The van der Waals surface area contributed by atoms with Gasteiger partial charge in [-0.15, -0.1) is 0 Å². The van der Waals surface area contributed by atoms with Crippen LogP contribution in [0.5, 0.6) is 0 Å². The first-order valence-electron chi connectivity index (χ1n) is 26.9. The van der Waals surface area contributed by atoms with Crippen molar-refractivity contribution in [3.05, 3.63) is 60.7 Å². The minimum absolute atomic E-state index is 0. The van der Waals surface area contributed by atoms with Crippen LogP contribution in [0, 0.1) is 80.8 Å². The Balaban J connectivity index is 0.000000236. The number of alkyl halides is 4. The molecule has 12 heteroatoms. The Morgan fingerprint density at radius 3 is 1.55 bits per heavy atom. The van der Waals surface area contributed by atoms with Crippen molar-refractivity contribution in [3.8, 4) is 0 Å². The quantitative estimate of drug-likeness (QED) is 0.137. The van der Waals surface area contributed by atoms with Crippen LogP contribution in [-0.4, -0.2) is 78.5 Å². The predicted molar refractivity (Wildman–Crippen MR) is 294 cm³/mol. The fourth-order valence-electron chi connectivity index (χ4n) is 18.1. The van der Waals surface area contributed by atoms with Crippen LogP contribution in [0.4, 0.5) is 24.5 Å². The molecule has 414 valence electrons. The molecule has 0 amide bonds. The lowest BCUT2D eigenvalue weighted by atomic mass is 9.43. The molecular weight excluding hydrogens is 994 g/mol. The van der Waals surface area contributed by atoms with E-state index in [1.54, 1.807) is 7.11 Å². The van der Waals surface area contributed by atoms with Crippen molar-refractivity contribution in [2.75, 3.05) is 50.4 Å². The highest BCUT2D eigenvalue weighted by molar-refractivity contribution is 9.09. The SMILES string of the molecule is C.C.C.COC[C@]12CC[C@@](C)(O)C[C@H]1CC[C@H]1[C@@H]3CC[C@H](C(=O)CBr)[C@@]3(C)CC[C@@H]12.COC[C@]12CC[C@](O)(C(F)(F)F)C[C@H]1CC[C@H]1[C@@H]3CC[C@H](C(=O)CNc4ccccc4)[C@@]3(C)CC[C@@H]12.Nc1ccccc1. The number of nitrogens with one attached hydrogen (secondary N) is 1. The average Bonchev–Trinajstić information content (AvgIpc) is 3.88. The molecule has 2 aromatic carbocycles. The number of methoxy groups -OCH3 is 2. The molecule has 0 bridgehead atoms. The molecular formula is C61H96BrF3N2O6. The summed E-state index contributed by atoms with van der Waals surface area (Å²) < 4.78 is 52.7. The second kappa shape index (κ2) is 24.0. The summed E-state index contributed by atoms with van der Waals surface area (Å²) in [5, 5.41) is 25.1. The first kappa shape index (κ1) is 61.3. The van der Waals surface area contributed by atoms with Crippen LogP contribution in [0.1, 0.15) is 159 Å². The number of carbonyl (C=O) groups is 2. The van der Waals surface area contributed by atoms with E-state index in [1.807, 2.05) is 74.7 Å².